The van der Waals surface area contributed by atoms with Crippen LogP contribution in [0.25, 0.3) is 0 Å². The van der Waals surface area contributed by atoms with Crippen molar-refractivity contribution in [1.82, 2.24) is 10.6 Å². The van der Waals surface area contributed by atoms with Gasteiger partial charge in [0.1, 0.15) is 11.6 Å². The number of amides is 1. The molecule has 0 fully saturated rings. The topological polar surface area (TPSA) is 64.9 Å². The fraction of sp³-hybridized carbons (Fsp3) is 0.375. The first-order chi connectivity index (χ1) is 9.81. The van der Waals surface area contributed by atoms with Crippen LogP contribution in [0.15, 0.2) is 40.5 Å². The lowest BCUT2D eigenvalue weighted by Gasteiger charge is -2.20. The molecule has 1 rings (SSSR count). The van der Waals surface area contributed by atoms with Gasteiger partial charge in [0.2, 0.25) is 0 Å². The van der Waals surface area contributed by atoms with E-state index in [2.05, 4.69) is 26.6 Å². The largest absolute Gasteiger partial charge is 0.389 e. The molecule has 0 aliphatic rings. The first-order valence-corrected chi connectivity index (χ1v) is 7.52. The molecule has 0 aliphatic heterocycles. The van der Waals surface area contributed by atoms with Crippen molar-refractivity contribution in [2.75, 3.05) is 6.54 Å². The van der Waals surface area contributed by atoms with E-state index in [1.54, 1.807) is 0 Å². The summed E-state index contributed by atoms with van der Waals surface area (Å²) in [6, 6.07) is 9.96. The Hall–Kier alpha value is -1.80. The van der Waals surface area contributed by atoms with Crippen molar-refractivity contribution in [3.8, 4) is 6.07 Å². The number of nitrogens with zero attached hydrogens (tertiary/aromatic N) is 1. The zero-order chi connectivity index (χ0) is 15.9. The summed E-state index contributed by atoms with van der Waals surface area (Å²) >= 11 is 3.39. The van der Waals surface area contributed by atoms with Crippen molar-refractivity contribution in [2.45, 2.75) is 32.7 Å². The molecule has 0 aliphatic carbocycles. The number of nitrogens with one attached hydrogen (secondary N) is 2. The van der Waals surface area contributed by atoms with Crippen LogP contribution in [0.2, 0.25) is 0 Å². The highest BCUT2D eigenvalue weighted by Crippen LogP contribution is 2.10. The quantitative estimate of drug-likeness (QED) is 0.488. The van der Waals surface area contributed by atoms with Crippen molar-refractivity contribution in [3.05, 3.63) is 46.1 Å². The molecule has 21 heavy (non-hydrogen) atoms. The summed E-state index contributed by atoms with van der Waals surface area (Å²) in [5, 5.41) is 14.8. The van der Waals surface area contributed by atoms with Crippen LogP contribution < -0.4 is 10.6 Å². The van der Waals surface area contributed by atoms with Crippen molar-refractivity contribution in [3.63, 3.8) is 0 Å². The van der Waals surface area contributed by atoms with E-state index in [1.807, 2.05) is 51.1 Å². The lowest BCUT2D eigenvalue weighted by atomic mass is 10.1. The number of hydrogen-bond acceptors (Lipinski definition) is 3. The number of halogens is 1. The second-order valence-corrected chi connectivity index (χ2v) is 6.62. The standard InChI is InChI=1S/C16H20BrN3O/c1-16(2,3)20-15(21)13(10-18)11-19-9-8-12-4-6-14(17)7-5-12/h4-7,11,19H,8-9H2,1-3H3,(H,20,21)/b13-11-. The summed E-state index contributed by atoms with van der Waals surface area (Å²) in [7, 11) is 0. The van der Waals surface area contributed by atoms with Crippen molar-refractivity contribution in [1.29, 1.82) is 5.26 Å². The van der Waals surface area contributed by atoms with Crippen LogP contribution >= 0.6 is 15.9 Å². The zero-order valence-electron chi connectivity index (χ0n) is 12.5. The minimum absolute atomic E-state index is 0.0840. The number of hydrogen-bond donors (Lipinski definition) is 2. The Morgan fingerprint density at radius 3 is 2.48 bits per heavy atom. The van der Waals surface area contributed by atoms with Gasteiger partial charge < -0.3 is 10.6 Å². The summed E-state index contributed by atoms with van der Waals surface area (Å²) in [5.41, 5.74) is 0.919. The third kappa shape index (κ3) is 6.96. The monoisotopic (exact) mass is 349 g/mol. The maximum atomic E-state index is 11.8. The summed E-state index contributed by atoms with van der Waals surface area (Å²) in [6.07, 6.45) is 2.29. The highest BCUT2D eigenvalue weighted by atomic mass is 79.9. The molecule has 0 saturated carbocycles. The van der Waals surface area contributed by atoms with Gasteiger partial charge in [-0.2, -0.15) is 5.26 Å². The van der Waals surface area contributed by atoms with Crippen LogP contribution in [0, 0.1) is 11.3 Å². The second kappa shape index (κ2) is 7.84. The number of nitriles is 1. The minimum Gasteiger partial charge on any atom is -0.389 e. The van der Waals surface area contributed by atoms with E-state index in [0.717, 1.165) is 10.9 Å². The van der Waals surface area contributed by atoms with Gasteiger partial charge in [-0.25, -0.2) is 0 Å². The molecule has 1 amide bonds. The van der Waals surface area contributed by atoms with Gasteiger partial charge in [-0.1, -0.05) is 28.1 Å². The minimum atomic E-state index is -0.360. The SMILES string of the molecule is CC(C)(C)NC(=O)/C(C#N)=C\NCCc1ccc(Br)cc1. The van der Waals surface area contributed by atoms with Gasteiger partial charge in [0, 0.05) is 22.8 Å². The molecule has 1 aromatic rings. The van der Waals surface area contributed by atoms with E-state index in [1.165, 1.54) is 11.8 Å². The predicted molar refractivity (Wildman–Crippen MR) is 87.4 cm³/mol. The van der Waals surface area contributed by atoms with Crippen LogP contribution in [0.4, 0.5) is 0 Å². The maximum absolute atomic E-state index is 11.8. The number of rotatable bonds is 5. The lowest BCUT2D eigenvalue weighted by molar-refractivity contribution is -0.118. The van der Waals surface area contributed by atoms with E-state index in [4.69, 9.17) is 5.26 Å². The van der Waals surface area contributed by atoms with Crippen LogP contribution in [0.5, 0.6) is 0 Å². The average molecular weight is 350 g/mol. The molecule has 2 N–H and O–H groups in total. The van der Waals surface area contributed by atoms with Crippen molar-refractivity contribution < 1.29 is 4.79 Å². The number of carbonyl (C=O) groups excluding carboxylic acids is 1. The molecular weight excluding hydrogens is 330 g/mol. The smallest absolute Gasteiger partial charge is 0.263 e. The Labute approximate surface area is 134 Å². The molecule has 0 spiro atoms. The molecule has 1 aromatic carbocycles. The molecule has 5 heteroatoms. The lowest BCUT2D eigenvalue weighted by Crippen LogP contribution is -2.41. The van der Waals surface area contributed by atoms with E-state index in [0.29, 0.717) is 6.54 Å². The fourth-order valence-corrected chi connectivity index (χ4v) is 1.86. The molecule has 112 valence electrons. The molecule has 0 atom stereocenters. The van der Waals surface area contributed by atoms with E-state index >= 15 is 0 Å². The third-order valence-electron chi connectivity index (χ3n) is 2.57. The van der Waals surface area contributed by atoms with Crippen molar-refractivity contribution in [2.24, 2.45) is 0 Å². The van der Waals surface area contributed by atoms with Gasteiger partial charge in [-0.15, -0.1) is 0 Å². The molecule has 0 heterocycles. The molecular formula is C16H20BrN3O. The van der Waals surface area contributed by atoms with Crippen LogP contribution in [-0.2, 0) is 11.2 Å². The van der Waals surface area contributed by atoms with Crippen molar-refractivity contribution >= 4 is 21.8 Å². The molecule has 0 unspecified atom stereocenters. The Morgan fingerprint density at radius 1 is 1.33 bits per heavy atom. The first-order valence-electron chi connectivity index (χ1n) is 6.72. The second-order valence-electron chi connectivity index (χ2n) is 5.70. The molecule has 0 bridgehead atoms. The first kappa shape index (κ1) is 17.3. The van der Waals surface area contributed by atoms with Crippen LogP contribution in [0.1, 0.15) is 26.3 Å². The highest BCUT2D eigenvalue weighted by Gasteiger charge is 2.16. The summed E-state index contributed by atoms with van der Waals surface area (Å²) in [4.78, 5) is 11.8. The Morgan fingerprint density at radius 2 is 1.95 bits per heavy atom. The normalized spacial score (nSPS) is 11.7. The van der Waals surface area contributed by atoms with E-state index in [-0.39, 0.29) is 17.0 Å². The van der Waals surface area contributed by atoms with Crippen LogP contribution in [-0.4, -0.2) is 18.0 Å². The van der Waals surface area contributed by atoms with Gasteiger partial charge in [0.05, 0.1) is 0 Å². The highest BCUT2D eigenvalue weighted by molar-refractivity contribution is 9.10. The predicted octanol–water partition coefficient (Wildman–Crippen LogP) is 2.90. The zero-order valence-corrected chi connectivity index (χ0v) is 14.1. The van der Waals surface area contributed by atoms with E-state index < -0.39 is 0 Å². The van der Waals surface area contributed by atoms with Crippen LogP contribution in [0.3, 0.4) is 0 Å². The molecule has 0 aromatic heterocycles. The Bertz CT molecular complexity index is 550. The van der Waals surface area contributed by atoms with Gasteiger partial charge in [-0.05, 0) is 44.9 Å². The maximum Gasteiger partial charge on any atom is 0.263 e. The summed E-state index contributed by atoms with van der Waals surface area (Å²) in [5.74, 6) is -0.360. The van der Waals surface area contributed by atoms with Gasteiger partial charge in [-0.3, -0.25) is 4.79 Å². The average Bonchev–Trinajstić information content (AvgIpc) is 2.38. The van der Waals surface area contributed by atoms with Gasteiger partial charge >= 0.3 is 0 Å². The number of benzene rings is 1. The third-order valence-corrected chi connectivity index (χ3v) is 3.10. The van der Waals surface area contributed by atoms with Gasteiger partial charge in [0.15, 0.2) is 0 Å². The van der Waals surface area contributed by atoms with Gasteiger partial charge in [0.25, 0.3) is 5.91 Å². The fourth-order valence-electron chi connectivity index (χ4n) is 1.60. The molecule has 4 nitrogen and oxygen atoms in total. The summed E-state index contributed by atoms with van der Waals surface area (Å²) in [6.45, 7) is 6.29. The summed E-state index contributed by atoms with van der Waals surface area (Å²) < 4.78 is 1.05. The number of carbonyl (C=O) groups is 1. The molecule has 0 radical (unpaired) electrons. The Kier molecular flexibility index (Phi) is 6.44. The Balaban J connectivity index is 2.48. The molecule has 0 saturated heterocycles. The van der Waals surface area contributed by atoms with E-state index in [9.17, 15) is 4.79 Å².